The third kappa shape index (κ3) is 7.19. The minimum Gasteiger partial charge on any atom is -0.456 e. The molecule has 0 aliphatic heterocycles. The van der Waals surface area contributed by atoms with Crippen LogP contribution < -0.4 is 10.6 Å². The van der Waals surface area contributed by atoms with Crippen molar-refractivity contribution >= 4 is 34.3 Å². The standard InChI is InChI=1S/C24H27N7O4S/c1-14-20(22(34)35-24(2,3)4)36-23(27-14)30-19(32)11-16(9-10-25)28-21(33)18-8-6-7-17(29-18)15-12-26-31(5)13-15/h6-8,12-13,16H,9,11H2,1-5H3,(H,28,33)(H,27,30,32)/t16-/m0/s1. The van der Waals surface area contributed by atoms with Gasteiger partial charge < -0.3 is 15.4 Å². The first-order chi connectivity index (χ1) is 16.9. The van der Waals surface area contributed by atoms with Gasteiger partial charge >= 0.3 is 5.97 Å². The zero-order valence-electron chi connectivity index (χ0n) is 20.7. The zero-order valence-corrected chi connectivity index (χ0v) is 21.5. The van der Waals surface area contributed by atoms with Gasteiger partial charge in [-0.05, 0) is 39.8 Å². The van der Waals surface area contributed by atoms with Crippen LogP contribution >= 0.6 is 11.3 Å². The minimum atomic E-state index is -0.752. The Balaban J connectivity index is 1.64. The van der Waals surface area contributed by atoms with E-state index in [-0.39, 0.29) is 23.7 Å². The summed E-state index contributed by atoms with van der Waals surface area (Å²) in [6.45, 7) is 6.94. The number of hydrogen-bond donors (Lipinski definition) is 2. The first kappa shape index (κ1) is 26.5. The fourth-order valence-corrected chi connectivity index (χ4v) is 4.04. The summed E-state index contributed by atoms with van der Waals surface area (Å²) in [6, 6.07) is 6.24. The molecule has 0 radical (unpaired) electrons. The molecule has 0 aliphatic rings. The summed E-state index contributed by atoms with van der Waals surface area (Å²) in [5, 5.41) is 18.9. The fraction of sp³-hybridized carbons (Fsp3) is 0.375. The summed E-state index contributed by atoms with van der Waals surface area (Å²) >= 11 is 1.00. The van der Waals surface area contributed by atoms with Crippen molar-refractivity contribution in [3.63, 3.8) is 0 Å². The Morgan fingerprint density at radius 2 is 2.00 bits per heavy atom. The van der Waals surface area contributed by atoms with Crippen LogP contribution in [0.15, 0.2) is 30.6 Å². The van der Waals surface area contributed by atoms with Crippen LogP contribution in [0.25, 0.3) is 11.3 Å². The molecule has 3 aromatic rings. The molecule has 36 heavy (non-hydrogen) atoms. The number of aryl methyl sites for hydroxylation is 2. The summed E-state index contributed by atoms with van der Waals surface area (Å²) < 4.78 is 7.00. The van der Waals surface area contributed by atoms with E-state index in [0.717, 1.165) is 16.9 Å². The minimum absolute atomic E-state index is 0.0818. The quantitative estimate of drug-likeness (QED) is 0.439. The van der Waals surface area contributed by atoms with Crippen molar-refractivity contribution in [2.75, 3.05) is 5.32 Å². The number of rotatable bonds is 8. The molecular weight excluding hydrogens is 482 g/mol. The lowest BCUT2D eigenvalue weighted by Gasteiger charge is -2.18. The maximum atomic E-state index is 12.8. The van der Waals surface area contributed by atoms with Gasteiger partial charge in [0.25, 0.3) is 5.91 Å². The predicted octanol–water partition coefficient (Wildman–Crippen LogP) is 3.24. The molecule has 3 heterocycles. The van der Waals surface area contributed by atoms with E-state index in [4.69, 9.17) is 4.74 Å². The Bertz CT molecular complexity index is 1320. The highest BCUT2D eigenvalue weighted by atomic mass is 32.1. The number of nitrogens with zero attached hydrogens (tertiary/aromatic N) is 5. The van der Waals surface area contributed by atoms with E-state index in [1.54, 1.807) is 70.0 Å². The molecule has 0 unspecified atom stereocenters. The van der Waals surface area contributed by atoms with Gasteiger partial charge in [-0.2, -0.15) is 10.4 Å². The lowest BCUT2D eigenvalue weighted by atomic mass is 10.1. The third-order valence-electron chi connectivity index (χ3n) is 4.71. The second kappa shape index (κ2) is 11.1. The molecule has 188 valence electrons. The average Bonchev–Trinajstić information content (AvgIpc) is 3.38. The van der Waals surface area contributed by atoms with E-state index >= 15 is 0 Å². The molecule has 11 nitrogen and oxygen atoms in total. The molecule has 0 fully saturated rings. The maximum absolute atomic E-state index is 12.8. The monoisotopic (exact) mass is 509 g/mol. The number of hydrogen-bond acceptors (Lipinski definition) is 9. The smallest absolute Gasteiger partial charge is 0.350 e. The topological polar surface area (TPSA) is 152 Å². The van der Waals surface area contributed by atoms with Crippen LogP contribution in [0.3, 0.4) is 0 Å². The molecule has 0 aliphatic carbocycles. The van der Waals surface area contributed by atoms with E-state index in [1.807, 2.05) is 6.07 Å². The summed E-state index contributed by atoms with van der Waals surface area (Å²) in [6.07, 6.45) is 3.17. The lowest BCUT2D eigenvalue weighted by molar-refractivity contribution is -0.116. The highest BCUT2D eigenvalue weighted by molar-refractivity contribution is 7.17. The number of ether oxygens (including phenoxy) is 1. The summed E-state index contributed by atoms with van der Waals surface area (Å²) in [4.78, 5) is 46.7. The van der Waals surface area contributed by atoms with Crippen LogP contribution in [0.4, 0.5) is 5.13 Å². The van der Waals surface area contributed by atoms with Gasteiger partial charge in [0.1, 0.15) is 16.2 Å². The predicted molar refractivity (Wildman–Crippen MR) is 133 cm³/mol. The zero-order chi connectivity index (χ0) is 26.5. The first-order valence-corrected chi connectivity index (χ1v) is 11.9. The van der Waals surface area contributed by atoms with Crippen LogP contribution in [0.1, 0.15) is 59.5 Å². The maximum Gasteiger partial charge on any atom is 0.350 e. The second-order valence-electron chi connectivity index (χ2n) is 9.03. The van der Waals surface area contributed by atoms with Gasteiger partial charge in [-0.25, -0.2) is 14.8 Å². The summed E-state index contributed by atoms with van der Waals surface area (Å²) in [5.41, 5.74) is 1.25. The van der Waals surface area contributed by atoms with Crippen molar-refractivity contribution in [1.82, 2.24) is 25.1 Å². The van der Waals surface area contributed by atoms with Crippen molar-refractivity contribution in [3.05, 3.63) is 46.9 Å². The van der Waals surface area contributed by atoms with Crippen molar-refractivity contribution in [1.29, 1.82) is 5.26 Å². The Kier molecular flexibility index (Phi) is 8.16. The van der Waals surface area contributed by atoms with E-state index in [2.05, 4.69) is 25.7 Å². The Labute approximate surface area is 212 Å². The van der Waals surface area contributed by atoms with E-state index in [0.29, 0.717) is 16.3 Å². The van der Waals surface area contributed by atoms with E-state index in [1.165, 1.54) is 0 Å². The van der Waals surface area contributed by atoms with Crippen LogP contribution in [0.5, 0.6) is 0 Å². The van der Waals surface area contributed by atoms with Gasteiger partial charge in [0.05, 0.1) is 36.1 Å². The summed E-state index contributed by atoms with van der Waals surface area (Å²) in [7, 11) is 1.78. The third-order valence-corrected chi connectivity index (χ3v) is 5.77. The molecule has 1 atom stereocenters. The number of amides is 2. The molecule has 0 saturated carbocycles. The van der Waals surface area contributed by atoms with Gasteiger partial charge in [-0.3, -0.25) is 14.3 Å². The Morgan fingerprint density at radius 1 is 1.25 bits per heavy atom. The fourth-order valence-electron chi connectivity index (χ4n) is 3.18. The molecule has 3 aromatic heterocycles. The number of nitrogens with one attached hydrogen (secondary N) is 2. The van der Waals surface area contributed by atoms with Gasteiger partial charge in [0.15, 0.2) is 5.13 Å². The van der Waals surface area contributed by atoms with Crippen LogP contribution in [0, 0.1) is 18.3 Å². The molecule has 2 N–H and O–H groups in total. The number of esters is 1. The van der Waals surface area contributed by atoms with Crippen LogP contribution in [-0.4, -0.2) is 49.2 Å². The molecule has 0 saturated heterocycles. The normalized spacial score (nSPS) is 11.9. The molecule has 0 spiro atoms. The highest BCUT2D eigenvalue weighted by Gasteiger charge is 2.24. The van der Waals surface area contributed by atoms with Gasteiger partial charge in [-0.15, -0.1) is 0 Å². The van der Waals surface area contributed by atoms with Crippen molar-refractivity contribution in [3.8, 4) is 17.3 Å². The SMILES string of the molecule is Cc1nc(NC(=O)C[C@H](CC#N)NC(=O)c2cccc(-c3cnn(C)c3)n2)sc1C(=O)OC(C)(C)C. The van der Waals surface area contributed by atoms with Gasteiger partial charge in [0, 0.05) is 25.2 Å². The number of carbonyl (C=O) groups excluding carboxylic acids is 3. The van der Waals surface area contributed by atoms with Crippen molar-refractivity contribution in [2.45, 2.75) is 52.2 Å². The second-order valence-corrected chi connectivity index (χ2v) is 10.0. The van der Waals surface area contributed by atoms with Crippen molar-refractivity contribution in [2.24, 2.45) is 7.05 Å². The molecular formula is C24H27N7O4S. The van der Waals surface area contributed by atoms with Gasteiger partial charge in [-0.1, -0.05) is 17.4 Å². The summed E-state index contributed by atoms with van der Waals surface area (Å²) in [5.74, 6) is -1.49. The van der Waals surface area contributed by atoms with Crippen molar-refractivity contribution < 1.29 is 19.1 Å². The molecule has 12 heteroatoms. The molecule has 2 amide bonds. The lowest BCUT2D eigenvalue weighted by Crippen LogP contribution is -2.37. The largest absolute Gasteiger partial charge is 0.456 e. The highest BCUT2D eigenvalue weighted by Crippen LogP contribution is 2.25. The first-order valence-electron chi connectivity index (χ1n) is 11.1. The van der Waals surface area contributed by atoms with Crippen LogP contribution in [-0.2, 0) is 16.6 Å². The number of thiazole rings is 1. The Morgan fingerprint density at radius 3 is 2.64 bits per heavy atom. The van der Waals surface area contributed by atoms with E-state index in [9.17, 15) is 19.6 Å². The number of carbonyl (C=O) groups is 3. The van der Waals surface area contributed by atoms with E-state index < -0.39 is 29.4 Å². The number of aromatic nitrogens is 4. The molecule has 3 rings (SSSR count). The number of pyridine rings is 1. The molecule has 0 aromatic carbocycles. The van der Waals surface area contributed by atoms with Crippen LogP contribution in [0.2, 0.25) is 0 Å². The molecule has 0 bridgehead atoms. The Hall–Kier alpha value is -4.11. The number of nitriles is 1. The average molecular weight is 510 g/mol. The van der Waals surface area contributed by atoms with Gasteiger partial charge in [0.2, 0.25) is 5.91 Å². The number of anilines is 1.